The topological polar surface area (TPSA) is 41.8 Å². The number of benzene rings is 1. The Morgan fingerprint density at radius 1 is 1.40 bits per heavy atom. The molecule has 0 aliphatic rings. The monoisotopic (exact) mass is 215 g/mol. The summed E-state index contributed by atoms with van der Waals surface area (Å²) >= 11 is 0. The van der Waals surface area contributed by atoms with Crippen molar-refractivity contribution in [1.29, 1.82) is 0 Å². The van der Waals surface area contributed by atoms with Crippen LogP contribution in [0.4, 0.5) is 8.78 Å². The van der Waals surface area contributed by atoms with Crippen LogP contribution in [0, 0.1) is 11.6 Å². The van der Waals surface area contributed by atoms with Gasteiger partial charge in [-0.15, -0.1) is 0 Å². The summed E-state index contributed by atoms with van der Waals surface area (Å²) in [6, 6.07) is 3.25. The molecule has 0 aliphatic heterocycles. The second-order valence-corrected chi connectivity index (χ2v) is 2.99. The molecule has 1 N–H and O–H groups in total. The molecule has 0 heterocycles. The largest absolute Gasteiger partial charge is 0.411 e. The van der Waals surface area contributed by atoms with Crippen LogP contribution in [-0.2, 0) is 4.74 Å². The molecular weight excluding hydrogens is 204 g/mol. The van der Waals surface area contributed by atoms with Gasteiger partial charge in [0.25, 0.3) is 0 Å². The van der Waals surface area contributed by atoms with Gasteiger partial charge in [0.2, 0.25) is 0 Å². The lowest BCUT2D eigenvalue weighted by molar-refractivity contribution is 0.166. The van der Waals surface area contributed by atoms with E-state index in [9.17, 15) is 8.78 Å². The first kappa shape index (κ1) is 11.6. The first-order valence-electron chi connectivity index (χ1n) is 4.30. The van der Waals surface area contributed by atoms with Gasteiger partial charge >= 0.3 is 0 Å². The van der Waals surface area contributed by atoms with E-state index in [0.717, 1.165) is 12.1 Å². The Morgan fingerprint density at radius 2 is 2.07 bits per heavy atom. The van der Waals surface area contributed by atoms with E-state index in [2.05, 4.69) is 5.16 Å². The van der Waals surface area contributed by atoms with Gasteiger partial charge in [0.05, 0.1) is 0 Å². The summed E-state index contributed by atoms with van der Waals surface area (Å²) < 4.78 is 30.5. The third-order valence-electron chi connectivity index (χ3n) is 2.06. The molecule has 5 heteroatoms. The number of hydrogen-bond donors (Lipinski definition) is 1. The van der Waals surface area contributed by atoms with Gasteiger partial charge in [0.1, 0.15) is 11.8 Å². The summed E-state index contributed by atoms with van der Waals surface area (Å²) in [5.74, 6) is -1.93. The van der Waals surface area contributed by atoms with Crippen molar-refractivity contribution < 1.29 is 18.7 Å². The van der Waals surface area contributed by atoms with Crippen LogP contribution in [0.2, 0.25) is 0 Å². The van der Waals surface area contributed by atoms with Crippen LogP contribution in [0.15, 0.2) is 23.4 Å². The number of halogens is 2. The number of ether oxygens (including phenoxy) is 1. The minimum absolute atomic E-state index is 0.149. The Kier molecular flexibility index (Phi) is 3.74. The maximum atomic E-state index is 12.9. The lowest BCUT2D eigenvalue weighted by Crippen LogP contribution is -2.20. The molecule has 1 aromatic rings. The molecule has 1 atom stereocenters. The van der Waals surface area contributed by atoms with E-state index in [1.807, 2.05) is 0 Å². The molecule has 15 heavy (non-hydrogen) atoms. The Bertz CT molecular complexity index is 380. The van der Waals surface area contributed by atoms with Crippen LogP contribution in [-0.4, -0.2) is 24.1 Å². The normalized spacial score (nSPS) is 14.0. The molecule has 0 saturated carbocycles. The number of methoxy groups -OCH3 is 1. The van der Waals surface area contributed by atoms with Crippen LogP contribution in [0.3, 0.4) is 0 Å². The van der Waals surface area contributed by atoms with Gasteiger partial charge in [0.15, 0.2) is 11.6 Å². The number of nitrogens with zero attached hydrogens (tertiary/aromatic N) is 1. The van der Waals surface area contributed by atoms with Crippen molar-refractivity contribution in [3.8, 4) is 0 Å². The lowest BCUT2D eigenvalue weighted by atomic mass is 10.1. The molecule has 1 aromatic carbocycles. The van der Waals surface area contributed by atoms with Crippen molar-refractivity contribution in [3.63, 3.8) is 0 Å². The number of hydrogen-bond acceptors (Lipinski definition) is 3. The molecule has 0 radical (unpaired) electrons. The molecule has 0 aromatic heterocycles. The lowest BCUT2D eigenvalue weighted by Gasteiger charge is -2.11. The molecule has 0 aliphatic carbocycles. The standard InChI is InChI=1S/C10H11F2NO2/c1-6(15-2)10(13-14)7-3-4-8(11)9(12)5-7/h3-6,14H,1-2H3/b13-10-/t6-/m0/s1. The quantitative estimate of drug-likeness (QED) is 0.477. The Hall–Kier alpha value is -1.49. The molecule has 0 fully saturated rings. The minimum atomic E-state index is -0.989. The average molecular weight is 215 g/mol. The summed E-state index contributed by atoms with van der Waals surface area (Å²) in [6.07, 6.45) is -0.500. The van der Waals surface area contributed by atoms with Crippen molar-refractivity contribution in [3.05, 3.63) is 35.4 Å². The number of rotatable bonds is 3. The van der Waals surface area contributed by atoms with E-state index in [-0.39, 0.29) is 11.3 Å². The Balaban J connectivity index is 3.09. The first-order chi connectivity index (χ1) is 7.10. The van der Waals surface area contributed by atoms with Crippen molar-refractivity contribution in [1.82, 2.24) is 0 Å². The fourth-order valence-electron chi connectivity index (χ4n) is 1.14. The smallest absolute Gasteiger partial charge is 0.159 e. The Morgan fingerprint density at radius 3 is 2.53 bits per heavy atom. The zero-order valence-corrected chi connectivity index (χ0v) is 8.37. The third-order valence-corrected chi connectivity index (χ3v) is 2.06. The second kappa shape index (κ2) is 4.84. The predicted molar refractivity (Wildman–Crippen MR) is 51.2 cm³/mol. The zero-order valence-electron chi connectivity index (χ0n) is 8.37. The van der Waals surface area contributed by atoms with E-state index in [1.165, 1.54) is 13.2 Å². The fourth-order valence-corrected chi connectivity index (χ4v) is 1.14. The summed E-state index contributed by atoms with van der Waals surface area (Å²) in [5.41, 5.74) is 0.433. The molecule has 82 valence electrons. The minimum Gasteiger partial charge on any atom is -0.411 e. The summed E-state index contributed by atoms with van der Waals surface area (Å²) in [7, 11) is 1.43. The molecular formula is C10H11F2NO2. The van der Waals surface area contributed by atoms with E-state index < -0.39 is 17.7 Å². The maximum Gasteiger partial charge on any atom is 0.159 e. The average Bonchev–Trinajstić information content (AvgIpc) is 2.24. The highest BCUT2D eigenvalue weighted by Gasteiger charge is 2.14. The van der Waals surface area contributed by atoms with Crippen molar-refractivity contribution >= 4 is 5.71 Å². The second-order valence-electron chi connectivity index (χ2n) is 2.99. The van der Waals surface area contributed by atoms with Gasteiger partial charge in [-0.3, -0.25) is 0 Å². The highest BCUT2D eigenvalue weighted by Crippen LogP contribution is 2.12. The van der Waals surface area contributed by atoms with Crippen molar-refractivity contribution in [2.45, 2.75) is 13.0 Å². The molecule has 3 nitrogen and oxygen atoms in total. The highest BCUT2D eigenvalue weighted by molar-refractivity contribution is 6.03. The Labute approximate surface area is 86.0 Å². The van der Waals surface area contributed by atoms with Gasteiger partial charge in [-0.25, -0.2) is 8.78 Å². The SMILES string of the molecule is CO[C@@H](C)/C(=N/O)c1ccc(F)c(F)c1. The molecule has 0 saturated heterocycles. The van der Waals surface area contributed by atoms with Gasteiger partial charge in [-0.1, -0.05) is 5.16 Å². The fraction of sp³-hybridized carbons (Fsp3) is 0.300. The van der Waals surface area contributed by atoms with Crippen LogP contribution in [0.25, 0.3) is 0 Å². The summed E-state index contributed by atoms with van der Waals surface area (Å²) in [6.45, 7) is 1.64. The van der Waals surface area contributed by atoms with Gasteiger partial charge in [-0.05, 0) is 25.1 Å². The predicted octanol–water partition coefficient (Wildman–Crippen LogP) is 2.18. The molecule has 0 spiro atoms. The highest BCUT2D eigenvalue weighted by atomic mass is 19.2. The van der Waals surface area contributed by atoms with E-state index in [4.69, 9.17) is 9.94 Å². The summed E-state index contributed by atoms with van der Waals surface area (Å²) in [4.78, 5) is 0. The maximum absolute atomic E-state index is 12.9. The van der Waals surface area contributed by atoms with Crippen LogP contribution >= 0.6 is 0 Å². The van der Waals surface area contributed by atoms with Crippen LogP contribution in [0.5, 0.6) is 0 Å². The number of oxime groups is 1. The van der Waals surface area contributed by atoms with Crippen LogP contribution in [0.1, 0.15) is 12.5 Å². The molecule has 0 amide bonds. The van der Waals surface area contributed by atoms with Crippen molar-refractivity contribution in [2.24, 2.45) is 5.16 Å². The third kappa shape index (κ3) is 2.50. The zero-order chi connectivity index (χ0) is 11.4. The van der Waals surface area contributed by atoms with E-state index >= 15 is 0 Å². The van der Waals surface area contributed by atoms with Crippen LogP contribution < -0.4 is 0 Å². The molecule has 0 unspecified atom stereocenters. The van der Waals surface area contributed by atoms with E-state index in [1.54, 1.807) is 6.92 Å². The van der Waals surface area contributed by atoms with E-state index in [0.29, 0.717) is 0 Å². The van der Waals surface area contributed by atoms with Gasteiger partial charge in [0, 0.05) is 12.7 Å². The molecule has 0 bridgehead atoms. The van der Waals surface area contributed by atoms with Gasteiger partial charge < -0.3 is 9.94 Å². The molecule has 1 rings (SSSR count). The van der Waals surface area contributed by atoms with Gasteiger partial charge in [-0.2, -0.15) is 0 Å². The first-order valence-corrected chi connectivity index (χ1v) is 4.30. The van der Waals surface area contributed by atoms with Crippen molar-refractivity contribution in [2.75, 3.05) is 7.11 Å². The summed E-state index contributed by atoms with van der Waals surface area (Å²) in [5, 5.41) is 11.7.